The van der Waals surface area contributed by atoms with Crippen molar-refractivity contribution >= 4 is 17.8 Å². The topological polar surface area (TPSA) is 100 Å². The van der Waals surface area contributed by atoms with Gasteiger partial charge in [-0.3, -0.25) is 14.5 Å². The molecule has 0 radical (unpaired) electrons. The normalized spacial score (nSPS) is 27.0. The van der Waals surface area contributed by atoms with Crippen LogP contribution in [0.1, 0.15) is 58.1 Å². The highest BCUT2D eigenvalue weighted by Crippen LogP contribution is 2.36. The summed E-state index contributed by atoms with van der Waals surface area (Å²) in [6, 6.07) is -0.447. The van der Waals surface area contributed by atoms with Crippen LogP contribution < -0.4 is 5.32 Å². The summed E-state index contributed by atoms with van der Waals surface area (Å²) in [7, 11) is 0. The molecule has 1 spiro atoms. The van der Waals surface area contributed by atoms with E-state index in [1.165, 1.54) is 0 Å². The Hall–Kier alpha value is -2.45. The Labute approximate surface area is 170 Å². The second-order valence-electron chi connectivity index (χ2n) is 9.18. The van der Waals surface area contributed by atoms with E-state index in [0.717, 1.165) is 35.8 Å². The molecule has 4 rings (SSSR count). The van der Waals surface area contributed by atoms with Crippen molar-refractivity contribution < 1.29 is 14.4 Å². The van der Waals surface area contributed by atoms with Gasteiger partial charge in [0.25, 0.3) is 5.91 Å². The van der Waals surface area contributed by atoms with E-state index in [2.05, 4.69) is 40.9 Å². The summed E-state index contributed by atoms with van der Waals surface area (Å²) >= 11 is 0. The Morgan fingerprint density at radius 1 is 1.21 bits per heavy atom. The van der Waals surface area contributed by atoms with Gasteiger partial charge >= 0.3 is 6.03 Å². The number of imide groups is 1. The summed E-state index contributed by atoms with van der Waals surface area (Å²) < 4.78 is 2.08. The van der Waals surface area contributed by atoms with Crippen LogP contribution in [0.5, 0.6) is 0 Å². The zero-order chi connectivity index (χ0) is 20.8. The number of carbonyl (C=O) groups is 3. The molecule has 9 heteroatoms. The van der Waals surface area contributed by atoms with Gasteiger partial charge in [-0.05, 0) is 37.5 Å². The van der Waals surface area contributed by atoms with Crippen LogP contribution in [0, 0.1) is 11.8 Å². The van der Waals surface area contributed by atoms with Crippen molar-refractivity contribution in [1.82, 2.24) is 29.9 Å². The van der Waals surface area contributed by atoms with E-state index >= 15 is 0 Å². The molecule has 1 aromatic rings. The number of carbonyl (C=O) groups excluding carboxylic acids is 3. The van der Waals surface area contributed by atoms with Crippen molar-refractivity contribution in [3.8, 4) is 0 Å². The first-order chi connectivity index (χ1) is 13.8. The van der Waals surface area contributed by atoms with E-state index in [1.807, 2.05) is 0 Å². The molecule has 1 aliphatic carbocycles. The van der Waals surface area contributed by atoms with Gasteiger partial charge in [0.05, 0.1) is 6.54 Å². The van der Waals surface area contributed by atoms with Crippen molar-refractivity contribution in [2.24, 2.45) is 11.8 Å². The number of hydrogen-bond acceptors (Lipinski definition) is 5. The maximum atomic E-state index is 13.0. The number of amides is 4. The zero-order valence-electron chi connectivity index (χ0n) is 17.5. The van der Waals surface area contributed by atoms with Gasteiger partial charge in [-0.1, -0.05) is 20.8 Å². The van der Waals surface area contributed by atoms with Crippen molar-refractivity contribution in [2.45, 2.75) is 71.5 Å². The Balaban J connectivity index is 1.40. The maximum Gasteiger partial charge on any atom is 0.325 e. The summed E-state index contributed by atoms with van der Waals surface area (Å²) in [5.74, 6) is 2.28. The summed E-state index contributed by atoms with van der Waals surface area (Å²) in [6.45, 7) is 7.75. The number of hydrogen-bond donors (Lipinski definition) is 1. The van der Waals surface area contributed by atoms with Crippen LogP contribution >= 0.6 is 0 Å². The second kappa shape index (κ2) is 7.42. The van der Waals surface area contributed by atoms with E-state index in [1.54, 1.807) is 4.90 Å². The Bertz CT molecular complexity index is 824. The lowest BCUT2D eigenvalue weighted by Gasteiger charge is -2.33. The fourth-order valence-corrected chi connectivity index (χ4v) is 4.60. The molecule has 1 aromatic heterocycles. The Morgan fingerprint density at radius 3 is 2.62 bits per heavy atom. The second-order valence-corrected chi connectivity index (χ2v) is 9.18. The zero-order valence-corrected chi connectivity index (χ0v) is 17.5. The molecule has 2 aliphatic heterocycles. The third-order valence-corrected chi connectivity index (χ3v) is 6.44. The molecule has 0 unspecified atom stereocenters. The highest BCUT2D eigenvalue weighted by molar-refractivity contribution is 6.09. The quantitative estimate of drug-likeness (QED) is 0.766. The molecule has 0 bridgehead atoms. The van der Waals surface area contributed by atoms with Gasteiger partial charge in [0.1, 0.15) is 17.9 Å². The molecule has 158 valence electrons. The number of nitrogens with zero attached hydrogens (tertiary/aromatic N) is 5. The first-order valence-corrected chi connectivity index (χ1v) is 10.6. The first-order valence-electron chi connectivity index (χ1n) is 10.6. The summed E-state index contributed by atoms with van der Waals surface area (Å²) in [4.78, 5) is 41.0. The van der Waals surface area contributed by atoms with Crippen LogP contribution in [0.4, 0.5) is 4.79 Å². The van der Waals surface area contributed by atoms with Gasteiger partial charge in [0.2, 0.25) is 5.91 Å². The molecule has 2 fully saturated rings. The van der Waals surface area contributed by atoms with Crippen LogP contribution in [0.15, 0.2) is 0 Å². The highest BCUT2D eigenvalue weighted by Gasteiger charge is 2.52. The van der Waals surface area contributed by atoms with Crippen LogP contribution in [-0.2, 0) is 29.1 Å². The van der Waals surface area contributed by atoms with Gasteiger partial charge in [0.15, 0.2) is 5.82 Å². The largest absolute Gasteiger partial charge is 0.332 e. The van der Waals surface area contributed by atoms with Gasteiger partial charge in [-0.2, -0.15) is 0 Å². The van der Waals surface area contributed by atoms with Gasteiger partial charge in [-0.25, -0.2) is 4.79 Å². The molecule has 3 aliphatic rings. The molecular weight excluding hydrogens is 372 g/mol. The standard InChI is InChI=1S/C20H30N6O3/c1-13(2)10-15-22-23-16-11-24(8-9-25(15)16)17(27)12-26-18(28)20(21-19(26)29)6-4-14(3)5-7-20/h13-14H,4-12H2,1-3H3,(H,21,29). The average Bonchev–Trinajstić information content (AvgIpc) is 3.17. The van der Waals surface area contributed by atoms with Crippen LogP contribution in [0.3, 0.4) is 0 Å². The molecule has 9 nitrogen and oxygen atoms in total. The van der Waals surface area contributed by atoms with E-state index in [-0.39, 0.29) is 18.4 Å². The number of urea groups is 1. The summed E-state index contributed by atoms with van der Waals surface area (Å²) in [5.41, 5.74) is -0.808. The predicted octanol–water partition coefficient (Wildman–Crippen LogP) is 1.32. The van der Waals surface area contributed by atoms with E-state index in [4.69, 9.17) is 0 Å². The first kappa shape index (κ1) is 19.8. The lowest BCUT2D eigenvalue weighted by atomic mass is 9.77. The maximum absolute atomic E-state index is 13.0. The van der Waals surface area contributed by atoms with Gasteiger partial charge in [-0.15, -0.1) is 10.2 Å². The lowest BCUT2D eigenvalue weighted by Crippen LogP contribution is -2.50. The smallest absolute Gasteiger partial charge is 0.325 e. The Morgan fingerprint density at radius 2 is 1.93 bits per heavy atom. The van der Waals surface area contributed by atoms with E-state index in [0.29, 0.717) is 44.3 Å². The monoisotopic (exact) mass is 402 g/mol. The third kappa shape index (κ3) is 3.62. The van der Waals surface area contributed by atoms with Crippen LogP contribution in [0.2, 0.25) is 0 Å². The molecule has 1 N–H and O–H groups in total. The summed E-state index contributed by atoms with van der Waals surface area (Å²) in [5, 5.41) is 11.4. The molecule has 1 saturated heterocycles. The minimum atomic E-state index is -0.808. The fourth-order valence-electron chi connectivity index (χ4n) is 4.60. The van der Waals surface area contributed by atoms with Crippen molar-refractivity contribution in [1.29, 1.82) is 0 Å². The van der Waals surface area contributed by atoms with Gasteiger partial charge in [0, 0.05) is 19.5 Å². The summed E-state index contributed by atoms with van der Waals surface area (Å²) in [6.07, 6.45) is 3.97. The van der Waals surface area contributed by atoms with Crippen molar-refractivity contribution in [3.63, 3.8) is 0 Å². The van der Waals surface area contributed by atoms with Crippen molar-refractivity contribution in [2.75, 3.05) is 13.1 Å². The predicted molar refractivity (Wildman–Crippen MR) is 105 cm³/mol. The van der Waals surface area contributed by atoms with E-state index in [9.17, 15) is 14.4 Å². The molecule has 0 atom stereocenters. The molecule has 1 saturated carbocycles. The van der Waals surface area contributed by atoms with Gasteiger partial charge < -0.3 is 14.8 Å². The molecule has 0 aromatic carbocycles. The van der Waals surface area contributed by atoms with Crippen LogP contribution in [0.25, 0.3) is 0 Å². The number of rotatable bonds is 4. The molecule has 29 heavy (non-hydrogen) atoms. The molecular formula is C20H30N6O3. The highest BCUT2D eigenvalue weighted by atomic mass is 16.2. The average molecular weight is 402 g/mol. The molecule has 3 heterocycles. The number of fused-ring (bicyclic) bond motifs is 1. The SMILES string of the molecule is CC(C)Cc1nnc2n1CCN(C(=O)CN1C(=O)NC3(CCC(C)CC3)C1=O)C2. The number of aromatic nitrogens is 3. The number of nitrogens with one attached hydrogen (secondary N) is 1. The lowest BCUT2D eigenvalue weighted by molar-refractivity contribution is -0.140. The minimum Gasteiger partial charge on any atom is -0.332 e. The Kier molecular flexibility index (Phi) is 5.08. The molecule has 4 amide bonds. The fraction of sp³-hybridized carbons (Fsp3) is 0.750. The van der Waals surface area contributed by atoms with E-state index < -0.39 is 11.6 Å². The third-order valence-electron chi connectivity index (χ3n) is 6.44. The van der Waals surface area contributed by atoms with Crippen LogP contribution in [-0.4, -0.2) is 61.0 Å². The minimum absolute atomic E-state index is 0.213. The van der Waals surface area contributed by atoms with Crippen molar-refractivity contribution in [3.05, 3.63) is 11.6 Å².